The van der Waals surface area contributed by atoms with Crippen LogP contribution in [0.15, 0.2) is 28.7 Å². The minimum Gasteiger partial charge on any atom is -0.465 e. The van der Waals surface area contributed by atoms with Crippen LogP contribution in [0.1, 0.15) is 49.6 Å². The largest absolute Gasteiger partial charge is 0.465 e. The van der Waals surface area contributed by atoms with E-state index in [4.69, 9.17) is 9.15 Å². The summed E-state index contributed by atoms with van der Waals surface area (Å²) in [6.45, 7) is 2.23. The van der Waals surface area contributed by atoms with E-state index in [0.717, 1.165) is 0 Å². The van der Waals surface area contributed by atoms with Crippen LogP contribution >= 0.6 is 0 Å². The molecule has 2 heterocycles. The highest BCUT2D eigenvalue weighted by molar-refractivity contribution is 5.99. The molecule has 1 aliphatic carbocycles. The van der Waals surface area contributed by atoms with Crippen molar-refractivity contribution in [1.82, 2.24) is 4.90 Å². The molecule has 2 amide bonds. The number of ether oxygens (including phenoxy) is 1. The number of furan rings is 1. The Hall–Kier alpha value is -3.36. The number of amides is 2. The van der Waals surface area contributed by atoms with Crippen molar-refractivity contribution in [2.45, 2.75) is 45.1 Å². The van der Waals surface area contributed by atoms with Crippen molar-refractivity contribution in [3.05, 3.63) is 30.0 Å². The van der Waals surface area contributed by atoms with Crippen molar-refractivity contribution in [2.75, 3.05) is 18.5 Å². The molecule has 0 radical (unpaired) electrons. The van der Waals surface area contributed by atoms with Crippen molar-refractivity contribution < 1.29 is 33.4 Å². The number of esters is 1. The van der Waals surface area contributed by atoms with E-state index in [-0.39, 0.29) is 35.9 Å². The van der Waals surface area contributed by atoms with Gasteiger partial charge in [-0.15, -0.1) is 0 Å². The minimum absolute atomic E-state index is 0.0741. The third kappa shape index (κ3) is 4.32. The van der Waals surface area contributed by atoms with Crippen molar-refractivity contribution in [2.24, 2.45) is 11.8 Å². The number of benzene rings is 1. The van der Waals surface area contributed by atoms with E-state index < -0.39 is 18.1 Å². The molecular weight excluding hydrogens is 416 g/mol. The van der Waals surface area contributed by atoms with E-state index in [0.29, 0.717) is 55.3 Å². The number of rotatable bonds is 5. The second-order valence-corrected chi connectivity index (χ2v) is 8.32. The SMILES string of the molecule is CCOC(=O)c1cc2cc(NC(=O)[C@H]3[C@@H](C4CCC(=O)CC4)CCN3C(=O)O)ccc2o1. The smallest absolute Gasteiger partial charge is 0.407 e. The zero-order chi connectivity index (χ0) is 22.8. The number of likely N-dealkylation sites (tertiary alicyclic amines) is 1. The Labute approximate surface area is 184 Å². The first kappa shape index (κ1) is 21.9. The van der Waals surface area contributed by atoms with Gasteiger partial charge in [-0.3, -0.25) is 14.5 Å². The number of carbonyl (C=O) groups is 4. The van der Waals surface area contributed by atoms with Gasteiger partial charge in [0.25, 0.3) is 0 Å². The summed E-state index contributed by atoms with van der Waals surface area (Å²) in [4.78, 5) is 49.7. The number of Topliss-reactive ketones (excluding diaryl/α,β-unsaturated/α-hetero) is 1. The fraction of sp³-hybridized carbons (Fsp3) is 0.478. The Morgan fingerprint density at radius 2 is 1.94 bits per heavy atom. The molecule has 1 aromatic heterocycles. The van der Waals surface area contributed by atoms with Crippen molar-refractivity contribution in [3.63, 3.8) is 0 Å². The van der Waals surface area contributed by atoms with E-state index in [1.807, 2.05) is 0 Å². The zero-order valence-electron chi connectivity index (χ0n) is 17.8. The van der Waals surface area contributed by atoms with Crippen LogP contribution < -0.4 is 5.32 Å². The van der Waals surface area contributed by atoms with E-state index in [1.165, 1.54) is 4.90 Å². The van der Waals surface area contributed by atoms with Gasteiger partial charge < -0.3 is 19.6 Å². The Bertz CT molecular complexity index is 1050. The number of ketones is 1. The third-order valence-corrected chi connectivity index (χ3v) is 6.41. The highest BCUT2D eigenvalue weighted by atomic mass is 16.5. The van der Waals surface area contributed by atoms with Gasteiger partial charge in [0.1, 0.15) is 17.4 Å². The minimum atomic E-state index is -1.12. The molecule has 2 aromatic rings. The standard InChI is InChI=1S/C23H26N2O7/c1-2-31-22(28)19-12-14-11-15(5-8-18(14)32-19)24-21(27)20-17(9-10-25(20)23(29)30)13-3-6-16(26)7-4-13/h5,8,11-13,17,20H,2-4,6-7,9-10H2,1H3,(H,24,27)(H,29,30)/t17-,20-/m1/s1. The number of carbonyl (C=O) groups excluding carboxylic acids is 3. The van der Waals surface area contributed by atoms with Crippen LogP contribution in [0, 0.1) is 11.8 Å². The first-order valence-corrected chi connectivity index (χ1v) is 10.9. The topological polar surface area (TPSA) is 126 Å². The average molecular weight is 442 g/mol. The molecule has 32 heavy (non-hydrogen) atoms. The number of anilines is 1. The van der Waals surface area contributed by atoms with Gasteiger partial charge in [0.15, 0.2) is 0 Å². The summed E-state index contributed by atoms with van der Waals surface area (Å²) >= 11 is 0. The number of hydrogen-bond donors (Lipinski definition) is 2. The Morgan fingerprint density at radius 1 is 1.19 bits per heavy atom. The van der Waals surface area contributed by atoms with Crippen LogP contribution in [0.5, 0.6) is 0 Å². The maximum Gasteiger partial charge on any atom is 0.407 e. The number of carboxylic acid groups (broad SMARTS) is 1. The zero-order valence-corrected chi connectivity index (χ0v) is 17.8. The molecule has 4 rings (SSSR count). The predicted molar refractivity (Wildman–Crippen MR) is 114 cm³/mol. The molecule has 1 aromatic carbocycles. The molecule has 2 fully saturated rings. The van der Waals surface area contributed by atoms with Crippen LogP contribution in [0.4, 0.5) is 10.5 Å². The first-order chi connectivity index (χ1) is 15.4. The van der Waals surface area contributed by atoms with Crippen LogP contribution in [0.25, 0.3) is 11.0 Å². The summed E-state index contributed by atoms with van der Waals surface area (Å²) in [6.07, 6.45) is 1.85. The monoisotopic (exact) mass is 442 g/mol. The molecule has 9 nitrogen and oxygen atoms in total. The molecular formula is C23H26N2O7. The molecule has 2 N–H and O–H groups in total. The van der Waals surface area contributed by atoms with Gasteiger partial charge in [-0.1, -0.05) is 0 Å². The summed E-state index contributed by atoms with van der Waals surface area (Å²) < 4.78 is 10.4. The quantitative estimate of drug-likeness (QED) is 0.677. The Balaban J connectivity index is 1.53. The Kier molecular flexibility index (Phi) is 6.16. The van der Waals surface area contributed by atoms with Crippen molar-refractivity contribution in [1.29, 1.82) is 0 Å². The summed E-state index contributed by atoms with van der Waals surface area (Å²) in [7, 11) is 0. The maximum absolute atomic E-state index is 13.2. The van der Waals surface area contributed by atoms with Gasteiger partial charge >= 0.3 is 12.1 Å². The predicted octanol–water partition coefficient (Wildman–Crippen LogP) is 3.68. The van der Waals surface area contributed by atoms with Crippen LogP contribution in [0.2, 0.25) is 0 Å². The molecule has 1 saturated carbocycles. The lowest BCUT2D eigenvalue weighted by atomic mass is 9.76. The Morgan fingerprint density at radius 3 is 2.62 bits per heavy atom. The fourth-order valence-corrected chi connectivity index (χ4v) is 4.89. The summed E-state index contributed by atoms with van der Waals surface area (Å²) in [6, 6.07) is 5.70. The molecule has 9 heteroatoms. The molecule has 1 saturated heterocycles. The molecule has 1 aliphatic heterocycles. The van der Waals surface area contributed by atoms with E-state index in [9.17, 15) is 24.3 Å². The lowest BCUT2D eigenvalue weighted by Crippen LogP contribution is -2.47. The number of hydrogen-bond acceptors (Lipinski definition) is 6. The molecule has 170 valence electrons. The van der Waals surface area contributed by atoms with Crippen molar-refractivity contribution in [3.8, 4) is 0 Å². The number of nitrogens with one attached hydrogen (secondary N) is 1. The number of nitrogens with zero attached hydrogens (tertiary/aromatic N) is 1. The van der Waals surface area contributed by atoms with E-state index >= 15 is 0 Å². The molecule has 2 atom stereocenters. The highest BCUT2D eigenvalue weighted by Gasteiger charge is 2.45. The van der Waals surface area contributed by atoms with Gasteiger partial charge in [-0.05, 0) is 62.3 Å². The molecule has 0 bridgehead atoms. The van der Waals surface area contributed by atoms with Crippen molar-refractivity contribution >= 4 is 40.4 Å². The van der Waals surface area contributed by atoms with Gasteiger partial charge in [0.2, 0.25) is 11.7 Å². The average Bonchev–Trinajstić information content (AvgIpc) is 3.39. The molecule has 2 aliphatic rings. The second kappa shape index (κ2) is 9.02. The van der Waals surface area contributed by atoms with Crippen LogP contribution in [-0.4, -0.2) is 53.0 Å². The lowest BCUT2D eigenvalue weighted by molar-refractivity contribution is -0.122. The summed E-state index contributed by atoms with van der Waals surface area (Å²) in [5.41, 5.74) is 0.956. The number of fused-ring (bicyclic) bond motifs is 1. The van der Waals surface area contributed by atoms with Crippen LogP contribution in [0.3, 0.4) is 0 Å². The second-order valence-electron chi connectivity index (χ2n) is 8.32. The first-order valence-electron chi connectivity index (χ1n) is 10.9. The van der Waals surface area contributed by atoms with Crippen LogP contribution in [-0.2, 0) is 14.3 Å². The summed E-state index contributed by atoms with van der Waals surface area (Å²) in [5, 5.41) is 13.1. The highest BCUT2D eigenvalue weighted by Crippen LogP contribution is 2.38. The maximum atomic E-state index is 13.2. The van der Waals surface area contributed by atoms with Gasteiger partial charge in [-0.2, -0.15) is 0 Å². The van der Waals surface area contributed by atoms with Gasteiger partial charge in [0, 0.05) is 30.5 Å². The van der Waals surface area contributed by atoms with Gasteiger partial charge in [-0.25, -0.2) is 9.59 Å². The van der Waals surface area contributed by atoms with E-state index in [1.54, 1.807) is 31.2 Å². The van der Waals surface area contributed by atoms with E-state index in [2.05, 4.69) is 5.32 Å². The fourth-order valence-electron chi connectivity index (χ4n) is 4.89. The van der Waals surface area contributed by atoms with Gasteiger partial charge in [0.05, 0.1) is 6.61 Å². The molecule has 0 unspecified atom stereocenters. The summed E-state index contributed by atoms with van der Waals surface area (Å²) in [5.74, 6) is -0.619. The lowest BCUT2D eigenvalue weighted by Gasteiger charge is -2.32. The molecule has 0 spiro atoms. The third-order valence-electron chi connectivity index (χ3n) is 6.41. The normalized spacial score (nSPS) is 21.7.